The Labute approximate surface area is 144 Å². The molecule has 0 bridgehead atoms. The van der Waals surface area contributed by atoms with E-state index in [0.29, 0.717) is 11.1 Å². The molecule has 5 heteroatoms. The molecule has 0 fully saturated rings. The van der Waals surface area contributed by atoms with Gasteiger partial charge in [0, 0.05) is 25.4 Å². The van der Waals surface area contributed by atoms with Gasteiger partial charge in [-0.05, 0) is 41.0 Å². The molecule has 0 aliphatic rings. The number of aromatic carboxylic acids is 1. The van der Waals surface area contributed by atoms with E-state index in [1.807, 2.05) is 30.0 Å². The van der Waals surface area contributed by atoms with E-state index in [1.165, 1.54) is 12.1 Å². The number of benzene rings is 2. The van der Waals surface area contributed by atoms with Crippen LogP contribution >= 0.6 is 0 Å². The number of hydrogen-bond donors (Lipinski definition) is 1. The summed E-state index contributed by atoms with van der Waals surface area (Å²) in [4.78, 5) is 15.6. The molecule has 0 radical (unpaired) electrons. The number of hydrogen-bond acceptors (Lipinski definition) is 2. The predicted octanol–water partition coefficient (Wildman–Crippen LogP) is 4.18. The summed E-state index contributed by atoms with van der Waals surface area (Å²) in [7, 11) is 1.93. The molecule has 1 N–H and O–H groups in total. The van der Waals surface area contributed by atoms with E-state index in [4.69, 9.17) is 0 Å². The first-order valence-corrected chi connectivity index (χ1v) is 7.79. The third-order valence-electron chi connectivity index (χ3n) is 3.98. The highest BCUT2D eigenvalue weighted by molar-refractivity contribution is 5.96. The van der Waals surface area contributed by atoms with E-state index in [-0.39, 0.29) is 11.4 Å². The van der Waals surface area contributed by atoms with Gasteiger partial charge in [0.05, 0.1) is 11.9 Å². The van der Waals surface area contributed by atoms with Crippen molar-refractivity contribution >= 4 is 12.0 Å². The largest absolute Gasteiger partial charge is 0.478 e. The molecule has 0 spiro atoms. The van der Waals surface area contributed by atoms with Crippen LogP contribution in [0.5, 0.6) is 0 Å². The Morgan fingerprint density at radius 3 is 2.64 bits per heavy atom. The summed E-state index contributed by atoms with van der Waals surface area (Å²) in [5.74, 6) is -1.36. The third kappa shape index (κ3) is 3.83. The third-order valence-corrected chi connectivity index (χ3v) is 3.98. The van der Waals surface area contributed by atoms with Crippen molar-refractivity contribution in [1.29, 1.82) is 0 Å². The summed E-state index contributed by atoms with van der Waals surface area (Å²) in [6, 6.07) is 11.0. The molecule has 3 rings (SSSR count). The number of imidazole rings is 1. The van der Waals surface area contributed by atoms with Crippen LogP contribution < -0.4 is 0 Å². The summed E-state index contributed by atoms with van der Waals surface area (Å²) in [5.41, 5.74) is 3.38. The number of carbonyl (C=O) groups is 1. The standard InChI is InChI=1S/C20H17FN2O2/c1-23-13-22-12-17(23)4-2-3-14-5-10-18(20(24)25)19(11-14)15-6-8-16(21)9-7-15/h2-3,5-13H,4H2,1H3,(H,24,25)/b3-2+. The van der Waals surface area contributed by atoms with Crippen LogP contribution in [0.25, 0.3) is 17.2 Å². The zero-order chi connectivity index (χ0) is 17.8. The molecule has 0 amide bonds. The molecule has 0 unspecified atom stereocenters. The Morgan fingerprint density at radius 2 is 2.00 bits per heavy atom. The van der Waals surface area contributed by atoms with Gasteiger partial charge in [0.1, 0.15) is 5.82 Å². The fourth-order valence-corrected chi connectivity index (χ4v) is 2.62. The van der Waals surface area contributed by atoms with Crippen molar-refractivity contribution in [2.24, 2.45) is 7.05 Å². The van der Waals surface area contributed by atoms with Gasteiger partial charge in [-0.1, -0.05) is 30.4 Å². The topological polar surface area (TPSA) is 55.1 Å². The molecular weight excluding hydrogens is 319 g/mol. The second-order valence-electron chi connectivity index (χ2n) is 5.72. The molecule has 0 saturated heterocycles. The maximum absolute atomic E-state index is 13.1. The smallest absolute Gasteiger partial charge is 0.336 e. The number of allylic oxidation sites excluding steroid dienone is 1. The molecule has 0 saturated carbocycles. The van der Waals surface area contributed by atoms with Crippen molar-refractivity contribution in [2.45, 2.75) is 6.42 Å². The summed E-state index contributed by atoms with van der Waals surface area (Å²) >= 11 is 0. The molecule has 0 atom stereocenters. The first-order valence-electron chi connectivity index (χ1n) is 7.79. The Hall–Kier alpha value is -3.21. The van der Waals surface area contributed by atoms with Crippen LogP contribution in [0.3, 0.4) is 0 Å². The van der Waals surface area contributed by atoms with Gasteiger partial charge in [-0.25, -0.2) is 14.2 Å². The quantitative estimate of drug-likeness (QED) is 0.760. The van der Waals surface area contributed by atoms with Gasteiger partial charge in [0.2, 0.25) is 0 Å². The number of nitrogens with zero attached hydrogens (tertiary/aromatic N) is 2. The molecule has 0 aliphatic heterocycles. The molecular formula is C20H17FN2O2. The van der Waals surface area contributed by atoms with Crippen LogP contribution in [-0.4, -0.2) is 20.6 Å². The van der Waals surface area contributed by atoms with Crippen LogP contribution in [0.1, 0.15) is 21.6 Å². The van der Waals surface area contributed by atoms with Crippen molar-refractivity contribution in [2.75, 3.05) is 0 Å². The summed E-state index contributed by atoms with van der Waals surface area (Å²) in [6.07, 6.45) is 8.22. The molecule has 1 aromatic heterocycles. The fraction of sp³-hybridized carbons (Fsp3) is 0.100. The van der Waals surface area contributed by atoms with Gasteiger partial charge in [0.25, 0.3) is 0 Å². The van der Waals surface area contributed by atoms with Crippen molar-refractivity contribution in [3.05, 3.63) is 83.7 Å². The summed E-state index contributed by atoms with van der Waals surface area (Å²) in [5, 5.41) is 9.40. The molecule has 1 heterocycles. The van der Waals surface area contributed by atoms with E-state index < -0.39 is 5.97 Å². The average Bonchev–Trinajstić information content (AvgIpc) is 3.00. The van der Waals surface area contributed by atoms with Crippen molar-refractivity contribution in [1.82, 2.24) is 9.55 Å². The number of aryl methyl sites for hydroxylation is 1. The SMILES string of the molecule is Cn1cncc1C/C=C/c1ccc(C(=O)O)c(-c2ccc(F)cc2)c1. The molecule has 25 heavy (non-hydrogen) atoms. The van der Waals surface area contributed by atoms with E-state index in [1.54, 1.807) is 36.7 Å². The van der Waals surface area contributed by atoms with Crippen molar-refractivity contribution in [3.63, 3.8) is 0 Å². The summed E-state index contributed by atoms with van der Waals surface area (Å²) < 4.78 is 15.1. The second kappa shape index (κ2) is 7.13. The lowest BCUT2D eigenvalue weighted by atomic mass is 9.97. The van der Waals surface area contributed by atoms with Gasteiger partial charge in [-0.15, -0.1) is 0 Å². The maximum atomic E-state index is 13.1. The highest BCUT2D eigenvalue weighted by Crippen LogP contribution is 2.26. The van der Waals surface area contributed by atoms with Crippen LogP contribution in [-0.2, 0) is 13.5 Å². The van der Waals surface area contributed by atoms with Gasteiger partial charge < -0.3 is 9.67 Å². The lowest BCUT2D eigenvalue weighted by Crippen LogP contribution is -2.00. The summed E-state index contributed by atoms with van der Waals surface area (Å²) in [6.45, 7) is 0. The van der Waals surface area contributed by atoms with Gasteiger partial charge in [0.15, 0.2) is 0 Å². The minimum Gasteiger partial charge on any atom is -0.478 e. The Kier molecular flexibility index (Phi) is 4.75. The van der Waals surface area contributed by atoms with Gasteiger partial charge >= 0.3 is 5.97 Å². The number of halogens is 1. The van der Waals surface area contributed by atoms with Crippen LogP contribution in [0, 0.1) is 5.82 Å². The fourth-order valence-electron chi connectivity index (χ4n) is 2.62. The van der Waals surface area contributed by atoms with Crippen molar-refractivity contribution in [3.8, 4) is 11.1 Å². The first kappa shape index (κ1) is 16.6. The Morgan fingerprint density at radius 1 is 1.24 bits per heavy atom. The predicted molar refractivity (Wildman–Crippen MR) is 94.7 cm³/mol. The zero-order valence-electron chi connectivity index (χ0n) is 13.7. The minimum absolute atomic E-state index is 0.190. The van der Waals surface area contributed by atoms with E-state index >= 15 is 0 Å². The Bertz CT molecular complexity index is 927. The highest BCUT2D eigenvalue weighted by Gasteiger charge is 2.12. The van der Waals surface area contributed by atoms with E-state index in [9.17, 15) is 14.3 Å². The number of rotatable bonds is 5. The average molecular weight is 336 g/mol. The van der Waals surface area contributed by atoms with Crippen LogP contribution in [0.15, 0.2) is 61.1 Å². The minimum atomic E-state index is -1.01. The lowest BCUT2D eigenvalue weighted by molar-refractivity contribution is 0.0697. The molecule has 126 valence electrons. The Balaban J connectivity index is 1.91. The van der Waals surface area contributed by atoms with Crippen LogP contribution in [0.2, 0.25) is 0 Å². The normalized spacial score (nSPS) is 11.1. The molecule has 4 nitrogen and oxygen atoms in total. The maximum Gasteiger partial charge on any atom is 0.336 e. The number of aromatic nitrogens is 2. The monoisotopic (exact) mass is 336 g/mol. The lowest BCUT2D eigenvalue weighted by Gasteiger charge is -2.08. The number of carboxylic acid groups (broad SMARTS) is 1. The zero-order valence-corrected chi connectivity index (χ0v) is 13.7. The van der Waals surface area contributed by atoms with Gasteiger partial charge in [-0.3, -0.25) is 0 Å². The van der Waals surface area contributed by atoms with Crippen molar-refractivity contribution < 1.29 is 14.3 Å². The van der Waals surface area contributed by atoms with E-state index in [0.717, 1.165) is 17.7 Å². The first-order chi connectivity index (χ1) is 12.0. The number of carboxylic acids is 1. The van der Waals surface area contributed by atoms with Crippen LogP contribution in [0.4, 0.5) is 4.39 Å². The highest BCUT2D eigenvalue weighted by atomic mass is 19.1. The second-order valence-corrected chi connectivity index (χ2v) is 5.72. The molecule has 3 aromatic rings. The molecule has 2 aromatic carbocycles. The molecule has 0 aliphatic carbocycles. The van der Waals surface area contributed by atoms with E-state index in [2.05, 4.69) is 4.98 Å². The van der Waals surface area contributed by atoms with Gasteiger partial charge in [-0.2, -0.15) is 0 Å².